The molecule has 0 spiro atoms. The molecule has 1 aromatic rings. The van der Waals surface area contributed by atoms with Crippen molar-refractivity contribution in [3.8, 4) is 0 Å². The fraction of sp³-hybridized carbons (Fsp3) is 0.333. The van der Waals surface area contributed by atoms with Crippen molar-refractivity contribution in [2.24, 2.45) is 0 Å². The van der Waals surface area contributed by atoms with Gasteiger partial charge in [0.2, 0.25) is 0 Å². The van der Waals surface area contributed by atoms with Crippen LogP contribution in [0.25, 0.3) is 5.70 Å². The minimum atomic E-state index is 0.649. The topological polar surface area (TPSA) is 20.3 Å². The molecule has 0 saturated carbocycles. The van der Waals surface area contributed by atoms with Crippen LogP contribution in [-0.4, -0.2) is 23.9 Å². The second kappa shape index (κ2) is 5.25. The standard InChI is InChI=1S/C12H15NO/c1-3-13(4-2)12(10-14)11-8-6-5-7-9-11/h5-9H,3-4H2,1-2H3. The number of hydrogen-bond acceptors (Lipinski definition) is 2. The summed E-state index contributed by atoms with van der Waals surface area (Å²) in [6.45, 7) is 5.72. The molecule has 0 amide bonds. The van der Waals surface area contributed by atoms with Crippen LogP contribution in [0.15, 0.2) is 30.3 Å². The lowest BCUT2D eigenvalue weighted by atomic mass is 10.1. The monoisotopic (exact) mass is 189 g/mol. The molecular weight excluding hydrogens is 174 g/mol. The van der Waals surface area contributed by atoms with Crippen LogP contribution in [0.4, 0.5) is 0 Å². The molecule has 0 aliphatic heterocycles. The van der Waals surface area contributed by atoms with Gasteiger partial charge in [-0.2, -0.15) is 0 Å². The molecule has 74 valence electrons. The molecule has 0 aliphatic carbocycles. The van der Waals surface area contributed by atoms with E-state index < -0.39 is 0 Å². The zero-order valence-electron chi connectivity index (χ0n) is 8.66. The summed E-state index contributed by atoms with van der Waals surface area (Å²) < 4.78 is 0. The first-order chi connectivity index (χ1) is 6.83. The normalized spacial score (nSPS) is 9.29. The van der Waals surface area contributed by atoms with E-state index in [1.54, 1.807) is 0 Å². The minimum absolute atomic E-state index is 0.649. The van der Waals surface area contributed by atoms with Gasteiger partial charge >= 0.3 is 0 Å². The van der Waals surface area contributed by atoms with Gasteiger partial charge < -0.3 is 4.90 Å². The zero-order chi connectivity index (χ0) is 10.4. The first-order valence-corrected chi connectivity index (χ1v) is 4.89. The molecule has 1 aromatic carbocycles. The third kappa shape index (κ3) is 2.24. The molecule has 0 unspecified atom stereocenters. The van der Waals surface area contributed by atoms with E-state index in [9.17, 15) is 4.79 Å². The second-order valence-electron chi connectivity index (χ2n) is 2.99. The summed E-state index contributed by atoms with van der Waals surface area (Å²) in [6.07, 6.45) is 0. The zero-order valence-corrected chi connectivity index (χ0v) is 8.66. The lowest BCUT2D eigenvalue weighted by Crippen LogP contribution is -2.21. The summed E-state index contributed by atoms with van der Waals surface area (Å²) in [5, 5.41) is 0. The average Bonchev–Trinajstić information content (AvgIpc) is 2.27. The first-order valence-electron chi connectivity index (χ1n) is 4.89. The van der Waals surface area contributed by atoms with Gasteiger partial charge in [-0.15, -0.1) is 0 Å². The SMILES string of the molecule is CCN(CC)C(=C=O)c1ccccc1. The molecule has 1 rings (SSSR count). The highest BCUT2D eigenvalue weighted by atomic mass is 16.1. The van der Waals surface area contributed by atoms with Crippen molar-refractivity contribution in [1.29, 1.82) is 0 Å². The van der Waals surface area contributed by atoms with Crippen molar-refractivity contribution in [1.82, 2.24) is 4.90 Å². The third-order valence-electron chi connectivity index (χ3n) is 2.22. The highest BCUT2D eigenvalue weighted by Crippen LogP contribution is 2.14. The average molecular weight is 189 g/mol. The van der Waals surface area contributed by atoms with E-state index >= 15 is 0 Å². The number of benzene rings is 1. The highest BCUT2D eigenvalue weighted by Gasteiger charge is 2.08. The first kappa shape index (κ1) is 10.6. The van der Waals surface area contributed by atoms with E-state index in [0.29, 0.717) is 5.70 Å². The summed E-state index contributed by atoms with van der Waals surface area (Å²) in [5.74, 6) is 2.01. The van der Waals surface area contributed by atoms with Gasteiger partial charge in [0.25, 0.3) is 0 Å². The smallest absolute Gasteiger partial charge is 0.151 e. The van der Waals surface area contributed by atoms with Crippen LogP contribution < -0.4 is 0 Å². The Bertz CT molecular complexity index is 321. The summed E-state index contributed by atoms with van der Waals surface area (Å²) in [5.41, 5.74) is 1.59. The summed E-state index contributed by atoms with van der Waals surface area (Å²) in [6, 6.07) is 9.65. The predicted molar refractivity (Wildman–Crippen MR) is 58.5 cm³/mol. The van der Waals surface area contributed by atoms with Crippen molar-refractivity contribution < 1.29 is 4.79 Å². The van der Waals surface area contributed by atoms with Gasteiger partial charge in [0.15, 0.2) is 5.94 Å². The van der Waals surface area contributed by atoms with Crippen molar-refractivity contribution in [2.45, 2.75) is 13.8 Å². The quantitative estimate of drug-likeness (QED) is 0.677. The molecule has 2 nitrogen and oxygen atoms in total. The van der Waals surface area contributed by atoms with Crippen molar-refractivity contribution in [3.63, 3.8) is 0 Å². The van der Waals surface area contributed by atoms with E-state index in [4.69, 9.17) is 0 Å². The Labute approximate surface area is 84.9 Å². The molecule has 0 radical (unpaired) electrons. The molecule has 0 aliphatic rings. The maximum Gasteiger partial charge on any atom is 0.151 e. The van der Waals surface area contributed by atoms with Crippen molar-refractivity contribution in [3.05, 3.63) is 35.9 Å². The summed E-state index contributed by atoms with van der Waals surface area (Å²) >= 11 is 0. The number of carbonyl (C=O) groups excluding carboxylic acids is 1. The molecule has 0 aromatic heterocycles. The van der Waals surface area contributed by atoms with Gasteiger partial charge in [-0.1, -0.05) is 30.3 Å². The van der Waals surface area contributed by atoms with Gasteiger partial charge in [-0.25, -0.2) is 4.79 Å². The second-order valence-corrected chi connectivity index (χ2v) is 2.99. The maximum absolute atomic E-state index is 10.9. The Balaban J connectivity index is 3.00. The van der Waals surface area contributed by atoms with E-state index in [-0.39, 0.29) is 0 Å². The van der Waals surface area contributed by atoms with Crippen LogP contribution in [0.3, 0.4) is 0 Å². The van der Waals surface area contributed by atoms with Crippen LogP contribution in [-0.2, 0) is 4.79 Å². The van der Waals surface area contributed by atoms with E-state index in [1.807, 2.05) is 55.0 Å². The van der Waals surface area contributed by atoms with Crippen LogP contribution in [0, 0.1) is 0 Å². The Morgan fingerprint density at radius 1 is 1.21 bits per heavy atom. The molecule has 0 heterocycles. The Morgan fingerprint density at radius 2 is 1.79 bits per heavy atom. The Hall–Kier alpha value is -1.53. The van der Waals surface area contributed by atoms with Gasteiger partial charge in [-0.05, 0) is 13.8 Å². The molecule has 14 heavy (non-hydrogen) atoms. The van der Waals surface area contributed by atoms with Gasteiger partial charge in [0, 0.05) is 18.7 Å². The molecule has 0 fully saturated rings. The van der Waals surface area contributed by atoms with Crippen molar-refractivity contribution >= 4 is 11.6 Å². The number of nitrogens with zero attached hydrogens (tertiary/aromatic N) is 1. The minimum Gasteiger partial charge on any atom is -0.363 e. The van der Waals surface area contributed by atoms with Crippen LogP contribution >= 0.6 is 0 Å². The molecule has 0 saturated heterocycles. The van der Waals surface area contributed by atoms with Crippen LogP contribution in [0.2, 0.25) is 0 Å². The predicted octanol–water partition coefficient (Wildman–Crippen LogP) is 2.20. The highest BCUT2D eigenvalue weighted by molar-refractivity contribution is 5.86. The third-order valence-corrected chi connectivity index (χ3v) is 2.22. The fourth-order valence-corrected chi connectivity index (χ4v) is 1.44. The summed E-state index contributed by atoms with van der Waals surface area (Å²) in [4.78, 5) is 12.9. The lowest BCUT2D eigenvalue weighted by Gasteiger charge is -2.21. The van der Waals surface area contributed by atoms with Crippen LogP contribution in [0.5, 0.6) is 0 Å². The van der Waals surface area contributed by atoms with Crippen LogP contribution in [0.1, 0.15) is 19.4 Å². The van der Waals surface area contributed by atoms with Gasteiger partial charge in [0.1, 0.15) is 5.70 Å². The molecule has 2 heteroatoms. The van der Waals surface area contributed by atoms with Crippen molar-refractivity contribution in [2.75, 3.05) is 13.1 Å². The number of rotatable bonds is 4. The molecule has 0 N–H and O–H groups in total. The van der Waals surface area contributed by atoms with Gasteiger partial charge in [0.05, 0.1) is 0 Å². The summed E-state index contributed by atoms with van der Waals surface area (Å²) in [7, 11) is 0. The Kier molecular flexibility index (Phi) is 3.96. The molecular formula is C12H15NO. The van der Waals surface area contributed by atoms with E-state index in [1.165, 1.54) is 0 Å². The Morgan fingerprint density at radius 3 is 2.21 bits per heavy atom. The van der Waals surface area contributed by atoms with E-state index in [2.05, 4.69) is 0 Å². The molecule has 0 bridgehead atoms. The lowest BCUT2D eigenvalue weighted by molar-refractivity contribution is 0.441. The number of hydrogen-bond donors (Lipinski definition) is 0. The molecule has 0 atom stereocenters. The largest absolute Gasteiger partial charge is 0.363 e. The fourth-order valence-electron chi connectivity index (χ4n) is 1.44. The van der Waals surface area contributed by atoms with Gasteiger partial charge in [-0.3, -0.25) is 0 Å². The van der Waals surface area contributed by atoms with E-state index in [0.717, 1.165) is 18.7 Å². The maximum atomic E-state index is 10.9.